The van der Waals surface area contributed by atoms with Crippen LogP contribution in [-0.4, -0.2) is 53.7 Å². The predicted octanol–water partition coefficient (Wildman–Crippen LogP) is 1.40. The first-order valence-electron chi connectivity index (χ1n) is 6.76. The van der Waals surface area contributed by atoms with Crippen LogP contribution in [0.3, 0.4) is 0 Å². The number of anilines is 1. The molecule has 1 aliphatic heterocycles. The Morgan fingerprint density at radius 3 is 2.95 bits per heavy atom. The van der Waals surface area contributed by atoms with Crippen molar-refractivity contribution >= 4 is 23.3 Å². The molecule has 1 fully saturated rings. The van der Waals surface area contributed by atoms with E-state index in [4.69, 9.17) is 11.6 Å². The lowest BCUT2D eigenvalue weighted by Crippen LogP contribution is -2.38. The van der Waals surface area contributed by atoms with Crippen LogP contribution in [0.5, 0.6) is 0 Å². The molecule has 2 rings (SSSR count). The number of nitrogens with zero attached hydrogens (tertiary/aromatic N) is 3. The number of likely N-dealkylation sites (tertiary alicyclic amines) is 1. The van der Waals surface area contributed by atoms with Crippen molar-refractivity contribution in [3.63, 3.8) is 0 Å². The molecule has 0 spiro atoms. The van der Waals surface area contributed by atoms with E-state index in [0.717, 1.165) is 13.0 Å². The third-order valence-corrected chi connectivity index (χ3v) is 3.96. The minimum Gasteiger partial charge on any atom is -0.393 e. The second kappa shape index (κ2) is 6.41. The van der Waals surface area contributed by atoms with Gasteiger partial charge in [0, 0.05) is 32.3 Å². The van der Waals surface area contributed by atoms with Crippen LogP contribution in [0.4, 0.5) is 5.82 Å². The molecule has 0 radical (unpaired) electrons. The number of aliphatic hydroxyl groups excluding tert-OH is 1. The fraction of sp³-hybridized carbons (Fsp3) is 0.571. The molecule has 0 saturated carbocycles. The van der Waals surface area contributed by atoms with E-state index in [1.54, 1.807) is 30.2 Å². The molecule has 2 atom stereocenters. The van der Waals surface area contributed by atoms with Crippen LogP contribution in [-0.2, 0) is 4.79 Å². The van der Waals surface area contributed by atoms with Gasteiger partial charge < -0.3 is 14.9 Å². The quantitative estimate of drug-likeness (QED) is 0.913. The molecule has 1 aromatic heterocycles. The molecule has 0 aromatic carbocycles. The fourth-order valence-electron chi connectivity index (χ4n) is 2.39. The molecule has 1 aliphatic rings. The molecule has 0 aliphatic carbocycles. The summed E-state index contributed by atoms with van der Waals surface area (Å²) >= 11 is 5.79. The zero-order valence-electron chi connectivity index (χ0n) is 11.8. The normalized spacial score (nSPS) is 20.0. The summed E-state index contributed by atoms with van der Waals surface area (Å²) in [6.07, 6.45) is 2.08. The van der Waals surface area contributed by atoms with E-state index < -0.39 is 0 Å². The number of carbonyl (C=O) groups excluding carboxylic acids is 1. The van der Waals surface area contributed by atoms with Crippen molar-refractivity contribution in [2.45, 2.75) is 19.4 Å². The van der Waals surface area contributed by atoms with Gasteiger partial charge >= 0.3 is 0 Å². The highest BCUT2D eigenvalue weighted by molar-refractivity contribution is 6.30. The van der Waals surface area contributed by atoms with Crippen LogP contribution >= 0.6 is 11.6 Å². The summed E-state index contributed by atoms with van der Waals surface area (Å²) in [5.74, 6) is 0.972. The van der Waals surface area contributed by atoms with Gasteiger partial charge in [0.1, 0.15) is 5.82 Å². The van der Waals surface area contributed by atoms with Gasteiger partial charge in [-0.1, -0.05) is 11.6 Å². The van der Waals surface area contributed by atoms with Crippen LogP contribution in [0.1, 0.15) is 13.3 Å². The Balaban J connectivity index is 1.90. The predicted molar refractivity (Wildman–Crippen MR) is 78.9 cm³/mol. The summed E-state index contributed by atoms with van der Waals surface area (Å²) in [6.45, 7) is 3.41. The Labute approximate surface area is 124 Å². The zero-order valence-corrected chi connectivity index (χ0v) is 12.5. The van der Waals surface area contributed by atoms with Crippen molar-refractivity contribution in [2.75, 3.05) is 31.6 Å². The minimum absolute atomic E-state index is 0.0624. The molecular weight excluding hydrogens is 278 g/mol. The highest BCUT2D eigenvalue weighted by Crippen LogP contribution is 2.20. The van der Waals surface area contributed by atoms with Gasteiger partial charge in [-0.15, -0.1) is 0 Å². The van der Waals surface area contributed by atoms with Crippen molar-refractivity contribution in [3.8, 4) is 0 Å². The summed E-state index contributed by atoms with van der Waals surface area (Å²) < 4.78 is 0. The second-order valence-electron chi connectivity index (χ2n) is 5.32. The Bertz CT molecular complexity index is 464. The van der Waals surface area contributed by atoms with E-state index in [-0.39, 0.29) is 24.5 Å². The highest BCUT2D eigenvalue weighted by Gasteiger charge is 2.29. The molecule has 5 nitrogen and oxygen atoms in total. The number of hydrogen-bond acceptors (Lipinski definition) is 4. The van der Waals surface area contributed by atoms with Gasteiger partial charge in [-0.25, -0.2) is 4.98 Å². The maximum absolute atomic E-state index is 12.2. The van der Waals surface area contributed by atoms with Gasteiger partial charge in [-0.05, 0) is 25.5 Å². The number of aromatic nitrogens is 1. The van der Waals surface area contributed by atoms with Crippen LogP contribution in [0.25, 0.3) is 0 Å². The lowest BCUT2D eigenvalue weighted by atomic mass is 10.0. The molecule has 1 amide bonds. The van der Waals surface area contributed by atoms with Crippen LogP contribution < -0.4 is 4.90 Å². The highest BCUT2D eigenvalue weighted by atomic mass is 35.5. The summed E-state index contributed by atoms with van der Waals surface area (Å²) in [7, 11) is 1.83. The lowest BCUT2D eigenvalue weighted by Gasteiger charge is -2.22. The largest absolute Gasteiger partial charge is 0.393 e. The first-order chi connectivity index (χ1) is 9.47. The monoisotopic (exact) mass is 297 g/mol. The molecule has 0 bridgehead atoms. The molecule has 20 heavy (non-hydrogen) atoms. The fourth-order valence-corrected chi connectivity index (χ4v) is 2.50. The second-order valence-corrected chi connectivity index (χ2v) is 5.76. The average molecular weight is 298 g/mol. The number of pyridine rings is 1. The third kappa shape index (κ3) is 3.61. The van der Waals surface area contributed by atoms with E-state index >= 15 is 0 Å². The standard InChI is InChI=1S/C14H20ClN3O2/c1-10(19)11-5-6-18(8-11)14(20)9-17(2)13-4-3-12(15)7-16-13/h3-4,7,10-11,19H,5-6,8-9H2,1-2H3. The number of rotatable bonds is 4. The van der Waals surface area contributed by atoms with Crippen molar-refractivity contribution in [1.29, 1.82) is 0 Å². The first-order valence-corrected chi connectivity index (χ1v) is 7.13. The van der Waals surface area contributed by atoms with E-state index in [1.807, 2.05) is 11.9 Å². The summed E-state index contributed by atoms with van der Waals surface area (Å²) in [5, 5.41) is 10.1. The van der Waals surface area contributed by atoms with Gasteiger partial charge in [0.05, 0.1) is 17.7 Å². The van der Waals surface area contributed by atoms with E-state index in [2.05, 4.69) is 4.98 Å². The van der Waals surface area contributed by atoms with Crippen LogP contribution in [0, 0.1) is 5.92 Å². The maximum atomic E-state index is 12.2. The van der Waals surface area contributed by atoms with Gasteiger partial charge in [0.25, 0.3) is 0 Å². The molecule has 6 heteroatoms. The van der Waals surface area contributed by atoms with Gasteiger partial charge in [0.2, 0.25) is 5.91 Å². The first kappa shape index (κ1) is 15.1. The number of amides is 1. The van der Waals surface area contributed by atoms with Gasteiger partial charge in [-0.3, -0.25) is 4.79 Å². The maximum Gasteiger partial charge on any atom is 0.242 e. The Hall–Kier alpha value is -1.33. The van der Waals surface area contributed by atoms with E-state index in [1.165, 1.54) is 0 Å². The summed E-state index contributed by atoms with van der Waals surface area (Å²) in [6, 6.07) is 3.54. The molecule has 1 N–H and O–H groups in total. The number of aliphatic hydroxyl groups is 1. The Morgan fingerprint density at radius 2 is 2.40 bits per heavy atom. The summed E-state index contributed by atoms with van der Waals surface area (Å²) in [5.41, 5.74) is 0. The molecular formula is C14H20ClN3O2. The van der Waals surface area contributed by atoms with Crippen LogP contribution in [0.2, 0.25) is 5.02 Å². The molecule has 2 heterocycles. The van der Waals surface area contributed by atoms with Crippen molar-refractivity contribution in [1.82, 2.24) is 9.88 Å². The number of hydrogen-bond donors (Lipinski definition) is 1. The smallest absolute Gasteiger partial charge is 0.242 e. The molecule has 1 saturated heterocycles. The number of likely N-dealkylation sites (N-methyl/N-ethyl adjacent to an activating group) is 1. The molecule has 1 aromatic rings. The topological polar surface area (TPSA) is 56.7 Å². The van der Waals surface area contributed by atoms with Gasteiger partial charge in [0.15, 0.2) is 0 Å². The number of halogens is 1. The Kier molecular flexibility index (Phi) is 4.83. The Morgan fingerprint density at radius 1 is 1.65 bits per heavy atom. The minimum atomic E-state index is -0.358. The van der Waals surface area contributed by atoms with Crippen molar-refractivity contribution < 1.29 is 9.90 Å². The van der Waals surface area contributed by atoms with Gasteiger partial charge in [-0.2, -0.15) is 0 Å². The third-order valence-electron chi connectivity index (χ3n) is 3.73. The molecule has 110 valence electrons. The van der Waals surface area contributed by atoms with Crippen LogP contribution in [0.15, 0.2) is 18.3 Å². The zero-order chi connectivity index (χ0) is 14.7. The van der Waals surface area contributed by atoms with Crippen molar-refractivity contribution in [2.24, 2.45) is 5.92 Å². The van der Waals surface area contributed by atoms with E-state index in [9.17, 15) is 9.90 Å². The molecule has 2 unspecified atom stereocenters. The van der Waals surface area contributed by atoms with E-state index in [0.29, 0.717) is 17.4 Å². The summed E-state index contributed by atoms with van der Waals surface area (Å²) in [4.78, 5) is 20.0. The van der Waals surface area contributed by atoms with Crippen molar-refractivity contribution in [3.05, 3.63) is 23.4 Å². The lowest BCUT2D eigenvalue weighted by molar-refractivity contribution is -0.128. The number of carbonyl (C=O) groups is 1. The SMILES string of the molecule is CC(O)C1CCN(C(=O)CN(C)c2ccc(Cl)cn2)C1. The average Bonchev–Trinajstić information content (AvgIpc) is 2.89.